The third kappa shape index (κ3) is 3.73. The summed E-state index contributed by atoms with van der Waals surface area (Å²) in [5.41, 5.74) is 5.21. The first-order valence-electron chi connectivity index (χ1n) is 4.09. The Morgan fingerprint density at radius 2 is 2.00 bits per heavy atom. The van der Waals surface area contributed by atoms with Crippen LogP contribution in [-0.4, -0.2) is 22.9 Å². The first-order valence-corrected chi connectivity index (χ1v) is 4.09. The van der Waals surface area contributed by atoms with E-state index in [2.05, 4.69) is 14.7 Å². The van der Waals surface area contributed by atoms with Gasteiger partial charge in [0.2, 0.25) is 5.89 Å². The third-order valence-electron chi connectivity index (χ3n) is 1.50. The summed E-state index contributed by atoms with van der Waals surface area (Å²) in [5.74, 6) is 0.357. The Morgan fingerprint density at radius 3 is 2.57 bits per heavy atom. The second kappa shape index (κ2) is 4.41. The summed E-state index contributed by atoms with van der Waals surface area (Å²) in [6.07, 6.45) is -4.99. The van der Waals surface area contributed by atoms with Crippen LogP contribution >= 0.6 is 0 Å². The van der Waals surface area contributed by atoms with Gasteiger partial charge in [0.25, 0.3) is 0 Å². The lowest BCUT2D eigenvalue weighted by Gasteiger charge is -2.01. The number of rotatable bonds is 4. The number of aromatic nitrogens is 2. The van der Waals surface area contributed by atoms with Gasteiger partial charge < -0.3 is 10.3 Å². The van der Waals surface area contributed by atoms with Crippen LogP contribution in [-0.2, 0) is 12.8 Å². The van der Waals surface area contributed by atoms with E-state index in [9.17, 15) is 13.2 Å². The van der Waals surface area contributed by atoms with Crippen molar-refractivity contribution in [2.75, 3.05) is 6.54 Å². The van der Waals surface area contributed by atoms with Gasteiger partial charge in [-0.1, -0.05) is 5.16 Å². The Hall–Kier alpha value is -1.11. The molecule has 0 unspecified atom stereocenters. The number of hydrogen-bond donors (Lipinski definition) is 1. The Balaban J connectivity index is 2.44. The van der Waals surface area contributed by atoms with Crippen LogP contribution in [0, 0.1) is 0 Å². The zero-order valence-corrected chi connectivity index (χ0v) is 7.34. The highest BCUT2D eigenvalue weighted by Gasteiger charge is 2.27. The number of aryl methyl sites for hydroxylation is 1. The van der Waals surface area contributed by atoms with E-state index in [1.54, 1.807) is 0 Å². The van der Waals surface area contributed by atoms with E-state index in [0.29, 0.717) is 13.0 Å². The molecule has 1 rings (SSSR count). The van der Waals surface area contributed by atoms with Crippen LogP contribution < -0.4 is 5.73 Å². The van der Waals surface area contributed by atoms with Gasteiger partial charge in [-0.2, -0.15) is 18.2 Å². The molecule has 14 heavy (non-hydrogen) atoms. The Labute approximate surface area is 78.3 Å². The van der Waals surface area contributed by atoms with Gasteiger partial charge in [-0.3, -0.25) is 0 Å². The predicted molar refractivity (Wildman–Crippen MR) is 41.4 cm³/mol. The molecule has 1 aromatic heterocycles. The Kier molecular flexibility index (Phi) is 3.45. The molecule has 0 fully saturated rings. The zero-order valence-electron chi connectivity index (χ0n) is 7.34. The molecule has 0 spiro atoms. The fourth-order valence-corrected chi connectivity index (χ4v) is 0.870. The number of nitrogens with zero attached hydrogens (tertiary/aromatic N) is 2. The van der Waals surface area contributed by atoms with E-state index < -0.39 is 12.6 Å². The fourth-order valence-electron chi connectivity index (χ4n) is 0.870. The molecule has 0 aliphatic heterocycles. The molecule has 2 N–H and O–H groups in total. The summed E-state index contributed by atoms with van der Waals surface area (Å²) in [6.45, 7) is 0.334. The maximum atomic E-state index is 11.8. The van der Waals surface area contributed by atoms with Gasteiger partial charge in [-0.05, 0) is 0 Å². The molecule has 0 aliphatic carbocycles. The van der Waals surface area contributed by atoms with Crippen LogP contribution in [0.4, 0.5) is 13.2 Å². The molecule has 0 saturated carbocycles. The van der Waals surface area contributed by atoms with Gasteiger partial charge in [-0.15, -0.1) is 0 Å². The van der Waals surface area contributed by atoms with E-state index in [0.717, 1.165) is 0 Å². The minimum Gasteiger partial charge on any atom is -0.339 e. The maximum absolute atomic E-state index is 11.8. The van der Waals surface area contributed by atoms with Gasteiger partial charge in [-0.25, -0.2) is 0 Å². The van der Waals surface area contributed by atoms with E-state index in [-0.39, 0.29) is 18.1 Å². The lowest BCUT2D eigenvalue weighted by Crippen LogP contribution is -2.09. The van der Waals surface area contributed by atoms with Gasteiger partial charge in [0.05, 0.1) is 6.42 Å². The number of hydrogen-bond acceptors (Lipinski definition) is 4. The number of nitrogens with two attached hydrogens (primary N) is 1. The van der Waals surface area contributed by atoms with Crippen LogP contribution in [0.5, 0.6) is 0 Å². The van der Waals surface area contributed by atoms with Crippen molar-refractivity contribution in [3.05, 3.63) is 11.7 Å². The van der Waals surface area contributed by atoms with Crippen LogP contribution in [0.1, 0.15) is 18.1 Å². The highest BCUT2D eigenvalue weighted by molar-refractivity contribution is 4.87. The molecular formula is C7H10F3N3O. The van der Waals surface area contributed by atoms with Crippen molar-refractivity contribution < 1.29 is 17.7 Å². The first-order chi connectivity index (χ1) is 6.51. The lowest BCUT2D eigenvalue weighted by molar-refractivity contribution is -0.134. The topological polar surface area (TPSA) is 64.9 Å². The van der Waals surface area contributed by atoms with Gasteiger partial charge in [0, 0.05) is 19.4 Å². The second-order valence-corrected chi connectivity index (χ2v) is 2.76. The van der Waals surface area contributed by atoms with E-state index >= 15 is 0 Å². The number of halogens is 3. The van der Waals surface area contributed by atoms with Crippen molar-refractivity contribution in [2.45, 2.75) is 25.4 Å². The lowest BCUT2D eigenvalue weighted by atomic mass is 10.3. The van der Waals surface area contributed by atoms with Gasteiger partial charge >= 0.3 is 6.18 Å². The first kappa shape index (κ1) is 11.0. The fraction of sp³-hybridized carbons (Fsp3) is 0.714. The minimum absolute atomic E-state index is 0.0748. The Morgan fingerprint density at radius 1 is 1.29 bits per heavy atom. The molecule has 4 nitrogen and oxygen atoms in total. The molecule has 0 amide bonds. The summed E-state index contributed by atoms with van der Waals surface area (Å²) in [5, 5.41) is 3.40. The molecule has 1 heterocycles. The second-order valence-electron chi connectivity index (χ2n) is 2.76. The molecule has 0 bridgehead atoms. The van der Waals surface area contributed by atoms with Crippen LogP contribution in [0.25, 0.3) is 0 Å². The highest BCUT2D eigenvalue weighted by atomic mass is 19.4. The summed E-state index contributed by atoms with van der Waals surface area (Å²) < 4.78 is 40.0. The Bertz CT molecular complexity index is 284. The maximum Gasteiger partial charge on any atom is 0.389 e. The van der Waals surface area contributed by atoms with Gasteiger partial charge in [0.1, 0.15) is 0 Å². The molecule has 80 valence electrons. The van der Waals surface area contributed by atoms with Crippen LogP contribution in [0.3, 0.4) is 0 Å². The molecular weight excluding hydrogens is 199 g/mol. The molecule has 0 saturated heterocycles. The van der Waals surface area contributed by atoms with E-state index in [1.807, 2.05) is 0 Å². The monoisotopic (exact) mass is 209 g/mol. The summed E-state index contributed by atoms with van der Waals surface area (Å²) >= 11 is 0. The van der Waals surface area contributed by atoms with Crippen molar-refractivity contribution in [1.82, 2.24) is 10.1 Å². The summed E-state index contributed by atoms with van der Waals surface area (Å²) in [4.78, 5) is 3.75. The van der Waals surface area contributed by atoms with Crippen molar-refractivity contribution >= 4 is 0 Å². The van der Waals surface area contributed by atoms with Crippen LogP contribution in [0.2, 0.25) is 0 Å². The molecule has 0 aliphatic rings. The van der Waals surface area contributed by atoms with Gasteiger partial charge in [0.15, 0.2) is 5.82 Å². The molecule has 1 aromatic rings. The smallest absolute Gasteiger partial charge is 0.339 e. The van der Waals surface area contributed by atoms with Crippen LogP contribution in [0.15, 0.2) is 4.52 Å². The van der Waals surface area contributed by atoms with Crippen molar-refractivity contribution in [2.24, 2.45) is 5.73 Å². The molecule has 0 radical (unpaired) electrons. The standard InChI is InChI=1S/C7H10F3N3O/c8-7(9,10)3-1-5-12-6(2-4-11)14-13-5/h1-4,11H2. The zero-order chi connectivity index (χ0) is 10.6. The average molecular weight is 209 g/mol. The SMILES string of the molecule is NCCc1nc(CCC(F)(F)F)no1. The average Bonchev–Trinajstić information content (AvgIpc) is 2.49. The number of alkyl halides is 3. The van der Waals surface area contributed by atoms with Crippen molar-refractivity contribution in [3.63, 3.8) is 0 Å². The summed E-state index contributed by atoms with van der Waals surface area (Å²) in [6, 6.07) is 0. The quantitative estimate of drug-likeness (QED) is 0.805. The normalized spacial score (nSPS) is 12.0. The molecule has 7 heteroatoms. The van der Waals surface area contributed by atoms with E-state index in [1.165, 1.54) is 0 Å². The van der Waals surface area contributed by atoms with Crippen molar-refractivity contribution in [1.29, 1.82) is 0 Å². The molecule has 0 aromatic carbocycles. The predicted octanol–water partition coefficient (Wildman–Crippen LogP) is 1.07. The highest BCUT2D eigenvalue weighted by Crippen LogP contribution is 2.21. The van der Waals surface area contributed by atoms with E-state index in [4.69, 9.17) is 5.73 Å². The third-order valence-corrected chi connectivity index (χ3v) is 1.50. The summed E-state index contributed by atoms with van der Waals surface area (Å²) in [7, 11) is 0. The largest absolute Gasteiger partial charge is 0.389 e. The minimum atomic E-state index is -4.19. The van der Waals surface area contributed by atoms with Crippen molar-refractivity contribution in [3.8, 4) is 0 Å². The molecule has 0 atom stereocenters.